The lowest BCUT2D eigenvalue weighted by atomic mass is 10.1. The molecule has 1 aromatic carbocycles. The lowest BCUT2D eigenvalue weighted by Crippen LogP contribution is -2.26. The number of rotatable bonds is 2. The molecular weight excluding hydrogens is 262 g/mol. The summed E-state index contributed by atoms with van der Waals surface area (Å²) in [6.07, 6.45) is 4.15. The fraction of sp³-hybridized carbons (Fsp3) is 0.176. The van der Waals surface area contributed by atoms with Crippen LogP contribution >= 0.6 is 0 Å². The molecule has 0 radical (unpaired) electrons. The Balaban J connectivity index is 1.55. The van der Waals surface area contributed by atoms with Crippen molar-refractivity contribution in [1.82, 2.24) is 14.9 Å². The van der Waals surface area contributed by atoms with Crippen LogP contribution in [-0.4, -0.2) is 20.8 Å². The molecule has 0 spiro atoms. The molecule has 4 heteroatoms. The van der Waals surface area contributed by atoms with E-state index in [1.165, 1.54) is 0 Å². The highest BCUT2D eigenvalue weighted by molar-refractivity contribution is 5.89. The predicted molar refractivity (Wildman–Crippen MR) is 80.5 cm³/mol. The van der Waals surface area contributed by atoms with E-state index in [2.05, 4.69) is 16.0 Å². The van der Waals surface area contributed by atoms with Gasteiger partial charge in [0.15, 0.2) is 0 Å². The number of aromatic amines is 1. The van der Waals surface area contributed by atoms with E-state index in [4.69, 9.17) is 0 Å². The molecule has 4 rings (SSSR count). The zero-order chi connectivity index (χ0) is 14.2. The second-order valence-electron chi connectivity index (χ2n) is 5.40. The molecule has 1 N–H and O–H groups in total. The summed E-state index contributed by atoms with van der Waals surface area (Å²) < 4.78 is 0. The van der Waals surface area contributed by atoms with E-state index >= 15 is 0 Å². The molecule has 0 unspecified atom stereocenters. The van der Waals surface area contributed by atoms with Gasteiger partial charge in [-0.05, 0) is 23.3 Å². The van der Waals surface area contributed by atoms with Gasteiger partial charge in [0.25, 0.3) is 0 Å². The number of nitrogens with one attached hydrogen (secondary N) is 1. The molecule has 0 saturated heterocycles. The number of pyridine rings is 1. The summed E-state index contributed by atoms with van der Waals surface area (Å²) in [5, 5.41) is 1.13. The molecule has 0 atom stereocenters. The molecule has 1 amide bonds. The van der Waals surface area contributed by atoms with Crippen molar-refractivity contribution in [2.24, 2.45) is 0 Å². The Morgan fingerprint density at radius 3 is 3.00 bits per heavy atom. The molecule has 3 aromatic rings. The molecule has 0 bridgehead atoms. The van der Waals surface area contributed by atoms with E-state index in [1.807, 2.05) is 41.4 Å². The maximum absolute atomic E-state index is 12.5. The summed E-state index contributed by atoms with van der Waals surface area (Å²) in [6.45, 7) is 1.29. The van der Waals surface area contributed by atoms with Crippen molar-refractivity contribution in [3.63, 3.8) is 0 Å². The number of benzene rings is 1. The zero-order valence-electron chi connectivity index (χ0n) is 11.5. The predicted octanol–water partition coefficient (Wildman–Crippen LogP) is 2.65. The largest absolute Gasteiger partial charge is 0.361 e. The Bertz CT molecular complexity index is 797. The minimum atomic E-state index is 0.151. The zero-order valence-corrected chi connectivity index (χ0v) is 11.5. The molecule has 2 aromatic heterocycles. The molecular formula is C17H15N3O. The number of nitrogens with zero attached hydrogens (tertiary/aromatic N) is 2. The van der Waals surface area contributed by atoms with Crippen LogP contribution in [0.15, 0.2) is 48.8 Å². The number of H-pyrrole nitrogens is 1. The number of fused-ring (bicyclic) bond motifs is 2. The average Bonchev–Trinajstić information content (AvgIpc) is 3.11. The molecule has 1 aliphatic heterocycles. The number of aromatic nitrogens is 2. The molecule has 0 saturated carbocycles. The summed E-state index contributed by atoms with van der Waals surface area (Å²) in [5.41, 5.74) is 4.31. The molecule has 4 nitrogen and oxygen atoms in total. The van der Waals surface area contributed by atoms with Crippen molar-refractivity contribution < 1.29 is 4.79 Å². The number of hydrogen-bond donors (Lipinski definition) is 1. The fourth-order valence-corrected chi connectivity index (χ4v) is 2.93. The van der Waals surface area contributed by atoms with Gasteiger partial charge in [-0.25, -0.2) is 0 Å². The summed E-state index contributed by atoms with van der Waals surface area (Å²) in [4.78, 5) is 21.9. The normalized spacial score (nSPS) is 13.6. The van der Waals surface area contributed by atoms with E-state index in [1.54, 1.807) is 6.20 Å². The lowest BCUT2D eigenvalue weighted by Gasteiger charge is -2.14. The van der Waals surface area contributed by atoms with Gasteiger partial charge >= 0.3 is 0 Å². The Morgan fingerprint density at radius 1 is 1.19 bits per heavy atom. The second-order valence-corrected chi connectivity index (χ2v) is 5.40. The highest BCUT2D eigenvalue weighted by Crippen LogP contribution is 2.23. The molecule has 0 fully saturated rings. The third kappa shape index (κ3) is 2.09. The van der Waals surface area contributed by atoms with E-state index in [-0.39, 0.29) is 5.91 Å². The summed E-state index contributed by atoms with van der Waals surface area (Å²) in [7, 11) is 0. The van der Waals surface area contributed by atoms with E-state index in [0.29, 0.717) is 19.5 Å². The molecule has 1 aliphatic rings. The average molecular weight is 277 g/mol. The summed E-state index contributed by atoms with van der Waals surface area (Å²) in [5.74, 6) is 0.151. The molecule has 21 heavy (non-hydrogen) atoms. The fourth-order valence-electron chi connectivity index (χ4n) is 2.93. The van der Waals surface area contributed by atoms with Crippen LogP contribution in [0.25, 0.3) is 10.9 Å². The lowest BCUT2D eigenvalue weighted by molar-refractivity contribution is -0.131. The minimum absolute atomic E-state index is 0.151. The third-order valence-corrected chi connectivity index (χ3v) is 4.06. The van der Waals surface area contributed by atoms with E-state index in [0.717, 1.165) is 27.7 Å². The standard InChI is InChI=1S/C17H15N3O/c21-17(20-10-12-4-3-7-18-16(12)11-20)8-13-9-19-15-6-2-1-5-14(13)15/h1-7,9,19H,8,10-11H2. The van der Waals surface area contributed by atoms with E-state index < -0.39 is 0 Å². The topological polar surface area (TPSA) is 49.0 Å². The van der Waals surface area contributed by atoms with Crippen LogP contribution in [0, 0.1) is 0 Å². The van der Waals surface area contributed by atoms with Crippen molar-refractivity contribution in [3.8, 4) is 0 Å². The number of carbonyl (C=O) groups is 1. The second kappa shape index (κ2) is 4.74. The van der Waals surface area contributed by atoms with Gasteiger partial charge in [-0.15, -0.1) is 0 Å². The van der Waals surface area contributed by atoms with Gasteiger partial charge in [0, 0.05) is 29.8 Å². The Labute approximate surface area is 122 Å². The summed E-state index contributed by atoms with van der Waals surface area (Å²) in [6, 6.07) is 12.0. The molecule has 3 heterocycles. The van der Waals surface area contributed by atoms with Crippen LogP contribution in [0.4, 0.5) is 0 Å². The van der Waals surface area contributed by atoms with Crippen molar-refractivity contribution >= 4 is 16.8 Å². The van der Waals surface area contributed by atoms with Gasteiger partial charge in [-0.3, -0.25) is 9.78 Å². The maximum atomic E-state index is 12.5. The monoisotopic (exact) mass is 277 g/mol. The van der Waals surface area contributed by atoms with E-state index in [9.17, 15) is 4.79 Å². The van der Waals surface area contributed by atoms with Crippen LogP contribution in [0.1, 0.15) is 16.8 Å². The van der Waals surface area contributed by atoms with Gasteiger partial charge in [0.2, 0.25) is 5.91 Å². The first-order chi connectivity index (χ1) is 10.3. The first-order valence-electron chi connectivity index (χ1n) is 7.07. The highest BCUT2D eigenvalue weighted by atomic mass is 16.2. The number of amides is 1. The SMILES string of the molecule is O=C(Cc1c[nH]c2ccccc12)N1Cc2cccnc2C1. The number of hydrogen-bond acceptors (Lipinski definition) is 2. The van der Waals surface area contributed by atoms with Crippen LogP contribution < -0.4 is 0 Å². The molecule has 0 aliphatic carbocycles. The first kappa shape index (κ1) is 12.1. The highest BCUT2D eigenvalue weighted by Gasteiger charge is 2.24. The van der Waals surface area contributed by atoms with Gasteiger partial charge in [-0.1, -0.05) is 24.3 Å². The maximum Gasteiger partial charge on any atom is 0.227 e. The van der Waals surface area contributed by atoms with Crippen LogP contribution in [0.3, 0.4) is 0 Å². The Morgan fingerprint density at radius 2 is 2.10 bits per heavy atom. The number of para-hydroxylation sites is 1. The van der Waals surface area contributed by atoms with Crippen molar-refractivity contribution in [1.29, 1.82) is 0 Å². The van der Waals surface area contributed by atoms with Crippen LogP contribution in [0.5, 0.6) is 0 Å². The van der Waals surface area contributed by atoms with Crippen molar-refractivity contribution in [2.75, 3.05) is 0 Å². The third-order valence-electron chi connectivity index (χ3n) is 4.06. The van der Waals surface area contributed by atoms with Crippen LogP contribution in [-0.2, 0) is 24.3 Å². The van der Waals surface area contributed by atoms with Gasteiger partial charge in [0.05, 0.1) is 18.7 Å². The van der Waals surface area contributed by atoms with Gasteiger partial charge in [-0.2, -0.15) is 0 Å². The Hall–Kier alpha value is -2.62. The van der Waals surface area contributed by atoms with Crippen molar-refractivity contribution in [3.05, 3.63) is 65.6 Å². The smallest absolute Gasteiger partial charge is 0.227 e. The first-order valence-corrected chi connectivity index (χ1v) is 7.07. The quantitative estimate of drug-likeness (QED) is 0.783. The molecule has 104 valence electrons. The van der Waals surface area contributed by atoms with Crippen LogP contribution in [0.2, 0.25) is 0 Å². The number of carbonyl (C=O) groups excluding carboxylic acids is 1. The summed E-state index contributed by atoms with van der Waals surface area (Å²) >= 11 is 0. The minimum Gasteiger partial charge on any atom is -0.361 e. The Kier molecular flexibility index (Phi) is 2.74. The van der Waals surface area contributed by atoms with Crippen molar-refractivity contribution in [2.45, 2.75) is 19.5 Å². The van der Waals surface area contributed by atoms with Gasteiger partial charge < -0.3 is 9.88 Å². The van der Waals surface area contributed by atoms with Gasteiger partial charge in [0.1, 0.15) is 0 Å².